The zero-order chi connectivity index (χ0) is 19.2. The Bertz CT molecular complexity index is 821. The number of likely N-dealkylation sites (tertiary alicyclic amines) is 1. The van der Waals surface area contributed by atoms with Gasteiger partial charge >= 0.3 is 0 Å². The average Bonchev–Trinajstić information content (AvgIpc) is 2.68. The molecule has 27 heavy (non-hydrogen) atoms. The Morgan fingerprint density at radius 1 is 1.37 bits per heavy atom. The van der Waals surface area contributed by atoms with Crippen LogP contribution in [0.1, 0.15) is 28.8 Å². The lowest BCUT2D eigenvalue weighted by molar-refractivity contribution is 0.0728. The van der Waals surface area contributed by atoms with Crippen molar-refractivity contribution >= 4 is 5.91 Å². The molecule has 1 saturated heterocycles. The average molecular weight is 372 g/mol. The standard InChI is InChI=1S/C20H25FN4O2/c1-24(20(27)18-11-22-14-23-19(18)26)12-16-3-2-9-25(13-16)10-8-15-4-6-17(21)7-5-15/h4-7,11,14,16H,2-3,8-10,12-13H2,1H3,(H,22,23,26)/t16-/m1/s1. The third kappa shape index (κ3) is 5.23. The fourth-order valence-electron chi connectivity index (χ4n) is 3.61. The van der Waals surface area contributed by atoms with Crippen molar-refractivity contribution < 1.29 is 9.18 Å². The predicted molar refractivity (Wildman–Crippen MR) is 101 cm³/mol. The van der Waals surface area contributed by atoms with Crippen LogP contribution < -0.4 is 5.56 Å². The number of halogens is 1. The highest BCUT2D eigenvalue weighted by atomic mass is 19.1. The minimum absolute atomic E-state index is 0.0731. The van der Waals surface area contributed by atoms with Crippen LogP contribution in [0.15, 0.2) is 41.6 Å². The number of benzene rings is 1. The van der Waals surface area contributed by atoms with E-state index in [4.69, 9.17) is 0 Å². The van der Waals surface area contributed by atoms with Crippen LogP contribution in [0.5, 0.6) is 0 Å². The Kier molecular flexibility index (Phi) is 6.34. The Labute approximate surface area is 158 Å². The summed E-state index contributed by atoms with van der Waals surface area (Å²) in [7, 11) is 1.73. The molecular weight excluding hydrogens is 347 g/mol. The summed E-state index contributed by atoms with van der Waals surface area (Å²) in [6, 6.07) is 6.65. The van der Waals surface area contributed by atoms with Gasteiger partial charge in [-0.3, -0.25) is 9.59 Å². The maximum Gasteiger partial charge on any atom is 0.263 e. The first-order valence-corrected chi connectivity index (χ1v) is 9.28. The largest absolute Gasteiger partial charge is 0.341 e. The maximum atomic E-state index is 13.0. The number of hydrogen-bond acceptors (Lipinski definition) is 4. The minimum Gasteiger partial charge on any atom is -0.341 e. The first-order valence-electron chi connectivity index (χ1n) is 9.28. The molecule has 2 heterocycles. The van der Waals surface area contributed by atoms with Crippen LogP contribution in [0.4, 0.5) is 4.39 Å². The number of amides is 1. The van der Waals surface area contributed by atoms with Crippen molar-refractivity contribution in [2.24, 2.45) is 5.92 Å². The third-order valence-electron chi connectivity index (χ3n) is 5.06. The molecule has 0 spiro atoms. The van der Waals surface area contributed by atoms with Crippen LogP contribution in [-0.4, -0.2) is 58.9 Å². The number of carbonyl (C=O) groups is 1. The molecule has 1 aromatic heterocycles. The van der Waals surface area contributed by atoms with Gasteiger partial charge in [-0.2, -0.15) is 0 Å². The molecule has 2 aromatic rings. The second kappa shape index (κ2) is 8.90. The summed E-state index contributed by atoms with van der Waals surface area (Å²) >= 11 is 0. The summed E-state index contributed by atoms with van der Waals surface area (Å²) in [6.45, 7) is 3.49. The fraction of sp³-hybridized carbons (Fsp3) is 0.450. The number of aromatic nitrogens is 2. The van der Waals surface area contributed by atoms with E-state index < -0.39 is 5.56 Å². The molecule has 0 unspecified atom stereocenters. The molecule has 144 valence electrons. The van der Waals surface area contributed by atoms with Crippen LogP contribution in [0.2, 0.25) is 0 Å². The number of hydrogen-bond donors (Lipinski definition) is 1. The molecule has 1 fully saturated rings. The maximum absolute atomic E-state index is 13.0. The van der Waals surface area contributed by atoms with Gasteiger partial charge in [-0.1, -0.05) is 12.1 Å². The summed E-state index contributed by atoms with van der Waals surface area (Å²) in [5.41, 5.74) is 0.789. The van der Waals surface area contributed by atoms with Crippen molar-refractivity contribution in [2.75, 3.05) is 33.2 Å². The lowest BCUT2D eigenvalue weighted by Crippen LogP contribution is -2.43. The molecule has 1 aliphatic heterocycles. The second-order valence-corrected chi connectivity index (χ2v) is 7.17. The normalized spacial score (nSPS) is 17.6. The summed E-state index contributed by atoms with van der Waals surface area (Å²) in [5.74, 6) is -0.138. The van der Waals surface area contributed by atoms with E-state index in [9.17, 15) is 14.0 Å². The molecule has 1 aromatic carbocycles. The lowest BCUT2D eigenvalue weighted by Gasteiger charge is -2.34. The number of nitrogens with zero attached hydrogens (tertiary/aromatic N) is 3. The number of carbonyl (C=O) groups excluding carboxylic acids is 1. The first kappa shape index (κ1) is 19.2. The molecule has 0 bridgehead atoms. The van der Waals surface area contributed by atoms with E-state index in [1.165, 1.54) is 24.7 Å². The van der Waals surface area contributed by atoms with Gasteiger partial charge in [0.05, 0.1) is 6.33 Å². The zero-order valence-corrected chi connectivity index (χ0v) is 15.5. The molecule has 1 N–H and O–H groups in total. The van der Waals surface area contributed by atoms with E-state index in [-0.39, 0.29) is 17.3 Å². The van der Waals surface area contributed by atoms with Gasteiger partial charge in [0, 0.05) is 32.9 Å². The molecule has 1 amide bonds. The van der Waals surface area contributed by atoms with E-state index in [1.807, 2.05) is 12.1 Å². The first-order chi connectivity index (χ1) is 13.0. The lowest BCUT2D eigenvalue weighted by atomic mass is 9.97. The van der Waals surface area contributed by atoms with E-state index in [1.54, 1.807) is 11.9 Å². The van der Waals surface area contributed by atoms with Crippen LogP contribution in [0, 0.1) is 11.7 Å². The van der Waals surface area contributed by atoms with E-state index in [2.05, 4.69) is 14.9 Å². The SMILES string of the molecule is CN(C[C@H]1CCCN(CCc2ccc(F)cc2)C1)C(=O)c1cnc[nH]c1=O. The summed E-state index contributed by atoms with van der Waals surface area (Å²) in [6.07, 6.45) is 5.62. The van der Waals surface area contributed by atoms with Crippen LogP contribution in [-0.2, 0) is 6.42 Å². The summed E-state index contributed by atoms with van der Waals surface area (Å²) < 4.78 is 13.0. The molecular formula is C20H25FN4O2. The molecule has 3 rings (SSSR count). The van der Waals surface area contributed by atoms with E-state index in [0.29, 0.717) is 12.5 Å². The predicted octanol–water partition coefficient (Wildman–Crippen LogP) is 1.94. The number of nitrogens with one attached hydrogen (secondary N) is 1. The quantitative estimate of drug-likeness (QED) is 0.841. The summed E-state index contributed by atoms with van der Waals surface area (Å²) in [5, 5.41) is 0. The third-order valence-corrected chi connectivity index (χ3v) is 5.06. The Hall–Kier alpha value is -2.54. The molecule has 1 aliphatic rings. The molecule has 6 nitrogen and oxygen atoms in total. The molecule has 1 atom stereocenters. The van der Waals surface area contributed by atoms with Crippen LogP contribution in [0.3, 0.4) is 0 Å². The van der Waals surface area contributed by atoms with Crippen molar-refractivity contribution in [2.45, 2.75) is 19.3 Å². The Balaban J connectivity index is 1.51. The molecule has 0 radical (unpaired) electrons. The molecule has 0 saturated carbocycles. The minimum atomic E-state index is -0.411. The second-order valence-electron chi connectivity index (χ2n) is 7.17. The van der Waals surface area contributed by atoms with Crippen LogP contribution in [0.25, 0.3) is 0 Å². The van der Waals surface area contributed by atoms with Crippen LogP contribution >= 0.6 is 0 Å². The summed E-state index contributed by atoms with van der Waals surface area (Å²) in [4.78, 5) is 34.5. The molecule has 0 aliphatic carbocycles. The van der Waals surface area contributed by atoms with Gasteiger partial charge in [-0.15, -0.1) is 0 Å². The smallest absolute Gasteiger partial charge is 0.263 e. The van der Waals surface area contributed by atoms with Gasteiger partial charge in [0.1, 0.15) is 11.4 Å². The highest BCUT2D eigenvalue weighted by Gasteiger charge is 2.24. The van der Waals surface area contributed by atoms with E-state index >= 15 is 0 Å². The van der Waals surface area contributed by atoms with E-state index in [0.717, 1.165) is 44.5 Å². The Morgan fingerprint density at radius 3 is 2.89 bits per heavy atom. The monoisotopic (exact) mass is 372 g/mol. The number of aromatic amines is 1. The van der Waals surface area contributed by atoms with Gasteiger partial charge in [-0.05, 0) is 49.4 Å². The van der Waals surface area contributed by atoms with Gasteiger partial charge in [0.25, 0.3) is 11.5 Å². The fourth-order valence-corrected chi connectivity index (χ4v) is 3.61. The number of piperidine rings is 1. The van der Waals surface area contributed by atoms with Gasteiger partial charge in [-0.25, -0.2) is 9.37 Å². The zero-order valence-electron chi connectivity index (χ0n) is 15.5. The van der Waals surface area contributed by atoms with Gasteiger partial charge in [0.15, 0.2) is 0 Å². The van der Waals surface area contributed by atoms with Gasteiger partial charge in [0.2, 0.25) is 0 Å². The van der Waals surface area contributed by atoms with Crippen molar-refractivity contribution in [3.05, 3.63) is 64.1 Å². The highest BCUT2D eigenvalue weighted by molar-refractivity contribution is 5.93. The number of rotatable bonds is 6. The Morgan fingerprint density at radius 2 is 2.15 bits per heavy atom. The van der Waals surface area contributed by atoms with Crippen molar-refractivity contribution in [1.29, 1.82) is 0 Å². The highest BCUT2D eigenvalue weighted by Crippen LogP contribution is 2.18. The topological polar surface area (TPSA) is 69.3 Å². The van der Waals surface area contributed by atoms with Gasteiger partial charge < -0.3 is 14.8 Å². The number of H-pyrrole nitrogens is 1. The molecule has 7 heteroatoms. The van der Waals surface area contributed by atoms with Crippen molar-refractivity contribution in [1.82, 2.24) is 19.8 Å². The van der Waals surface area contributed by atoms with Crippen molar-refractivity contribution in [3.63, 3.8) is 0 Å². The van der Waals surface area contributed by atoms with Crippen molar-refractivity contribution in [3.8, 4) is 0 Å².